The van der Waals surface area contributed by atoms with Crippen molar-refractivity contribution in [2.24, 2.45) is 5.92 Å². The number of rotatable bonds is 7. The van der Waals surface area contributed by atoms with Gasteiger partial charge in [0, 0.05) is 54.4 Å². The maximum absolute atomic E-state index is 13.4. The molecule has 1 unspecified atom stereocenters. The second-order valence-corrected chi connectivity index (χ2v) is 7.93. The van der Waals surface area contributed by atoms with Crippen molar-refractivity contribution in [3.63, 3.8) is 0 Å². The molecule has 5 nitrogen and oxygen atoms in total. The van der Waals surface area contributed by atoms with E-state index in [1.165, 1.54) is 6.07 Å². The molecule has 1 fully saturated rings. The Balaban J connectivity index is 1.36. The molecule has 2 amide bonds. The third-order valence-corrected chi connectivity index (χ3v) is 5.41. The summed E-state index contributed by atoms with van der Waals surface area (Å²) < 4.78 is 27.4. The fraction of sp³-hybridized carbons (Fsp3) is 0.333. The van der Waals surface area contributed by atoms with Gasteiger partial charge in [0.2, 0.25) is 5.91 Å². The molecular weight excluding hydrogens is 444 g/mol. The topological polar surface area (TPSA) is 61.4 Å². The van der Waals surface area contributed by atoms with Crippen molar-refractivity contribution in [3.8, 4) is 0 Å². The molecule has 8 heteroatoms. The van der Waals surface area contributed by atoms with E-state index in [1.807, 2.05) is 4.90 Å². The first-order valence-corrected chi connectivity index (χ1v) is 10.2. The van der Waals surface area contributed by atoms with Gasteiger partial charge in [-0.25, -0.2) is 8.78 Å². The highest BCUT2D eigenvalue weighted by molar-refractivity contribution is 9.10. The summed E-state index contributed by atoms with van der Waals surface area (Å²) in [6.07, 6.45) is 1.06. The lowest BCUT2D eigenvalue weighted by molar-refractivity contribution is -0.121. The van der Waals surface area contributed by atoms with Gasteiger partial charge in [0.05, 0.1) is 0 Å². The predicted molar refractivity (Wildman–Crippen MR) is 111 cm³/mol. The van der Waals surface area contributed by atoms with Crippen LogP contribution in [0.1, 0.15) is 23.2 Å². The maximum atomic E-state index is 13.4. The molecule has 1 aliphatic rings. The average Bonchev–Trinajstić information content (AvgIpc) is 3.18. The maximum Gasteiger partial charge on any atom is 0.251 e. The Morgan fingerprint density at radius 3 is 2.55 bits per heavy atom. The van der Waals surface area contributed by atoms with E-state index >= 15 is 0 Å². The monoisotopic (exact) mass is 465 g/mol. The van der Waals surface area contributed by atoms with Crippen LogP contribution in [0.4, 0.5) is 14.5 Å². The summed E-state index contributed by atoms with van der Waals surface area (Å²) in [7, 11) is 0. The first-order valence-electron chi connectivity index (χ1n) is 9.43. The normalized spacial score (nSPS) is 16.0. The molecule has 0 bridgehead atoms. The molecule has 154 valence electrons. The molecule has 2 N–H and O–H groups in total. The highest BCUT2D eigenvalue weighted by atomic mass is 79.9. The number of carbonyl (C=O) groups excluding carboxylic acids is 2. The molecule has 1 aliphatic heterocycles. The molecule has 2 aromatic rings. The Labute approximate surface area is 176 Å². The van der Waals surface area contributed by atoms with E-state index in [0.29, 0.717) is 24.3 Å². The Hall–Kier alpha value is -2.48. The Bertz CT molecular complexity index is 877. The summed E-state index contributed by atoms with van der Waals surface area (Å²) >= 11 is 3.31. The van der Waals surface area contributed by atoms with Crippen LogP contribution in [-0.2, 0) is 4.79 Å². The van der Waals surface area contributed by atoms with E-state index in [9.17, 15) is 18.4 Å². The molecule has 1 saturated heterocycles. The van der Waals surface area contributed by atoms with Gasteiger partial charge >= 0.3 is 0 Å². The van der Waals surface area contributed by atoms with Gasteiger partial charge in [-0.1, -0.05) is 15.9 Å². The van der Waals surface area contributed by atoms with Crippen molar-refractivity contribution in [3.05, 3.63) is 64.1 Å². The minimum absolute atomic E-state index is 0.132. The third kappa shape index (κ3) is 6.00. The first-order chi connectivity index (χ1) is 13.9. The molecule has 0 spiro atoms. The third-order valence-electron chi connectivity index (χ3n) is 4.89. The summed E-state index contributed by atoms with van der Waals surface area (Å²) in [5.74, 6) is -1.83. The summed E-state index contributed by atoms with van der Waals surface area (Å²) in [5, 5.41) is 5.61. The van der Waals surface area contributed by atoms with Gasteiger partial charge in [0.1, 0.15) is 0 Å². The Kier molecular flexibility index (Phi) is 7.19. The number of carbonyl (C=O) groups is 2. The molecule has 0 aromatic heterocycles. The lowest BCUT2D eigenvalue weighted by Gasteiger charge is -2.19. The molecule has 29 heavy (non-hydrogen) atoms. The van der Waals surface area contributed by atoms with Crippen molar-refractivity contribution < 1.29 is 18.4 Å². The van der Waals surface area contributed by atoms with Crippen LogP contribution in [0.15, 0.2) is 46.9 Å². The molecule has 2 aromatic carbocycles. The van der Waals surface area contributed by atoms with Crippen LogP contribution in [0.5, 0.6) is 0 Å². The standard InChI is InChI=1S/C21H22BrF2N3O2/c22-16-3-1-15(2-4-16)21(29)25-9-7-20(28)26-12-14-8-10-27(13-14)17-5-6-18(23)19(24)11-17/h1-6,11,14H,7-10,12-13H2,(H,25,29)(H,26,28). The van der Waals surface area contributed by atoms with Gasteiger partial charge in [0.15, 0.2) is 11.6 Å². The number of amides is 2. The lowest BCUT2D eigenvalue weighted by Crippen LogP contribution is -2.34. The number of anilines is 1. The minimum atomic E-state index is -0.857. The number of hydrogen-bond donors (Lipinski definition) is 2. The quantitative estimate of drug-likeness (QED) is 0.657. The van der Waals surface area contributed by atoms with E-state index in [-0.39, 0.29) is 30.7 Å². The predicted octanol–water partition coefficient (Wildman–Crippen LogP) is 3.49. The summed E-state index contributed by atoms with van der Waals surface area (Å²) in [6, 6.07) is 10.9. The van der Waals surface area contributed by atoms with Crippen LogP contribution < -0.4 is 15.5 Å². The molecule has 0 aliphatic carbocycles. The lowest BCUT2D eigenvalue weighted by atomic mass is 10.1. The number of halogens is 3. The highest BCUT2D eigenvalue weighted by Crippen LogP contribution is 2.25. The van der Waals surface area contributed by atoms with Gasteiger partial charge in [-0.2, -0.15) is 0 Å². The Morgan fingerprint density at radius 1 is 1.07 bits per heavy atom. The van der Waals surface area contributed by atoms with Crippen molar-refractivity contribution in [1.29, 1.82) is 0 Å². The number of nitrogens with zero attached hydrogens (tertiary/aromatic N) is 1. The van der Waals surface area contributed by atoms with Crippen LogP contribution in [0.3, 0.4) is 0 Å². The van der Waals surface area contributed by atoms with Gasteiger partial charge in [-0.15, -0.1) is 0 Å². The molecule has 3 rings (SSSR count). The molecule has 0 saturated carbocycles. The largest absolute Gasteiger partial charge is 0.371 e. The molecule has 1 heterocycles. The van der Waals surface area contributed by atoms with Crippen LogP contribution in [0.25, 0.3) is 0 Å². The minimum Gasteiger partial charge on any atom is -0.371 e. The number of benzene rings is 2. The van der Waals surface area contributed by atoms with E-state index in [4.69, 9.17) is 0 Å². The fourth-order valence-corrected chi connectivity index (χ4v) is 3.52. The highest BCUT2D eigenvalue weighted by Gasteiger charge is 2.23. The van der Waals surface area contributed by atoms with E-state index in [0.717, 1.165) is 23.5 Å². The van der Waals surface area contributed by atoms with Gasteiger partial charge in [0.25, 0.3) is 5.91 Å². The van der Waals surface area contributed by atoms with Crippen molar-refractivity contribution >= 4 is 33.4 Å². The second kappa shape index (κ2) is 9.82. The Morgan fingerprint density at radius 2 is 1.83 bits per heavy atom. The van der Waals surface area contributed by atoms with Crippen molar-refractivity contribution in [1.82, 2.24) is 10.6 Å². The smallest absolute Gasteiger partial charge is 0.251 e. The van der Waals surface area contributed by atoms with Gasteiger partial charge < -0.3 is 15.5 Å². The summed E-state index contributed by atoms with van der Waals surface area (Å²) in [5.41, 5.74) is 1.19. The number of nitrogens with one attached hydrogen (secondary N) is 2. The fourth-order valence-electron chi connectivity index (χ4n) is 3.25. The molecule has 0 radical (unpaired) electrons. The van der Waals surface area contributed by atoms with Crippen LogP contribution in [-0.4, -0.2) is 38.0 Å². The van der Waals surface area contributed by atoms with E-state index in [2.05, 4.69) is 26.6 Å². The zero-order chi connectivity index (χ0) is 20.8. The van der Waals surface area contributed by atoms with Gasteiger partial charge in [-0.3, -0.25) is 9.59 Å². The summed E-state index contributed by atoms with van der Waals surface area (Å²) in [6.45, 7) is 2.17. The first kappa shape index (κ1) is 21.2. The molecular formula is C21H22BrF2N3O2. The van der Waals surface area contributed by atoms with Gasteiger partial charge in [-0.05, 0) is 48.7 Å². The average molecular weight is 466 g/mol. The zero-order valence-electron chi connectivity index (χ0n) is 15.8. The van der Waals surface area contributed by atoms with Crippen molar-refractivity contribution in [2.45, 2.75) is 12.8 Å². The van der Waals surface area contributed by atoms with Crippen molar-refractivity contribution in [2.75, 3.05) is 31.1 Å². The van der Waals surface area contributed by atoms with E-state index < -0.39 is 11.6 Å². The SMILES string of the molecule is O=C(CCNC(=O)c1ccc(Br)cc1)NCC1CCN(c2ccc(F)c(F)c2)C1. The van der Waals surface area contributed by atoms with Crippen LogP contribution >= 0.6 is 15.9 Å². The van der Waals surface area contributed by atoms with E-state index in [1.54, 1.807) is 30.3 Å². The zero-order valence-corrected chi connectivity index (χ0v) is 17.3. The number of hydrogen-bond acceptors (Lipinski definition) is 3. The second-order valence-electron chi connectivity index (χ2n) is 7.02. The van der Waals surface area contributed by atoms with Crippen LogP contribution in [0, 0.1) is 17.6 Å². The van der Waals surface area contributed by atoms with Crippen LogP contribution in [0.2, 0.25) is 0 Å². The summed E-state index contributed by atoms with van der Waals surface area (Å²) in [4.78, 5) is 26.0. The molecule has 1 atom stereocenters.